The maximum absolute atomic E-state index is 13.0. The number of piperidine rings is 1. The Morgan fingerprint density at radius 2 is 1.88 bits per heavy atom. The van der Waals surface area contributed by atoms with Crippen LogP contribution in [-0.4, -0.2) is 27.6 Å². The van der Waals surface area contributed by atoms with Gasteiger partial charge in [-0.3, -0.25) is 0 Å². The van der Waals surface area contributed by atoms with E-state index in [-0.39, 0.29) is 0 Å². The highest BCUT2D eigenvalue weighted by molar-refractivity contribution is 5.95. The molecule has 4 nitrogen and oxygen atoms in total. The smallest absolute Gasteiger partial charge is 0.347 e. The van der Waals surface area contributed by atoms with Crippen molar-refractivity contribution < 1.29 is 13.2 Å². The van der Waals surface area contributed by atoms with Gasteiger partial charge in [-0.2, -0.15) is 13.2 Å². The van der Waals surface area contributed by atoms with Crippen molar-refractivity contribution in [2.24, 2.45) is 5.92 Å². The number of fused-ring (bicyclic) bond motifs is 2. The van der Waals surface area contributed by atoms with Crippen LogP contribution < -0.4 is 5.32 Å². The van der Waals surface area contributed by atoms with Crippen LogP contribution in [-0.2, 0) is 12.7 Å². The molecule has 2 aromatic heterocycles. The largest absolute Gasteiger partial charge is 0.416 e. The molecule has 0 saturated carbocycles. The predicted molar refractivity (Wildman–Crippen MR) is 121 cm³/mol. The highest BCUT2D eigenvalue weighted by atomic mass is 19.4. The number of hydrogen-bond donors (Lipinski definition) is 2. The van der Waals surface area contributed by atoms with E-state index in [1.807, 2.05) is 12.1 Å². The van der Waals surface area contributed by atoms with Gasteiger partial charge in [-0.05, 0) is 68.6 Å². The molecule has 168 valence electrons. The third-order valence-electron chi connectivity index (χ3n) is 6.60. The standard InChI is InChI=1S/C25H27F3N4/c26-25(27,28)18-7-8-21-22(16-18)31-24(30-21)20-5-3-6-23-19(20)11-15-32(23)14-2-1-4-17-9-12-29-13-10-17/h3,5-8,11,15-17,29H,1-2,4,9-10,12-14H2,(H,30,31). The molecule has 32 heavy (non-hydrogen) atoms. The molecule has 0 atom stereocenters. The van der Waals surface area contributed by atoms with E-state index >= 15 is 0 Å². The molecule has 2 aromatic carbocycles. The van der Waals surface area contributed by atoms with Gasteiger partial charge in [0, 0.05) is 29.2 Å². The molecule has 1 fully saturated rings. The Kier molecular flexibility index (Phi) is 5.67. The number of aryl methyl sites for hydroxylation is 1. The van der Waals surface area contributed by atoms with Gasteiger partial charge in [-0.25, -0.2) is 4.98 Å². The minimum atomic E-state index is -4.37. The topological polar surface area (TPSA) is 45.6 Å². The quantitative estimate of drug-likeness (QED) is 0.342. The zero-order chi connectivity index (χ0) is 22.1. The minimum Gasteiger partial charge on any atom is -0.347 e. The molecule has 7 heteroatoms. The number of alkyl halides is 3. The fraction of sp³-hybridized carbons (Fsp3) is 0.400. The van der Waals surface area contributed by atoms with Gasteiger partial charge >= 0.3 is 6.18 Å². The first-order valence-electron chi connectivity index (χ1n) is 11.3. The number of nitrogens with one attached hydrogen (secondary N) is 2. The van der Waals surface area contributed by atoms with Crippen molar-refractivity contribution in [2.75, 3.05) is 13.1 Å². The molecule has 3 heterocycles. The molecule has 1 aliphatic heterocycles. The molecule has 4 aromatic rings. The zero-order valence-corrected chi connectivity index (χ0v) is 17.9. The Hall–Kier alpha value is -2.80. The summed E-state index contributed by atoms with van der Waals surface area (Å²) in [6.07, 6.45) is 3.98. The fourth-order valence-corrected chi connectivity index (χ4v) is 4.82. The molecule has 5 rings (SSSR count). The van der Waals surface area contributed by atoms with Gasteiger partial charge in [0.25, 0.3) is 0 Å². The number of halogens is 3. The monoisotopic (exact) mass is 440 g/mol. The number of nitrogens with zero attached hydrogens (tertiary/aromatic N) is 2. The van der Waals surface area contributed by atoms with E-state index in [9.17, 15) is 13.2 Å². The normalized spacial score (nSPS) is 15.7. The van der Waals surface area contributed by atoms with Gasteiger partial charge in [0.1, 0.15) is 5.82 Å². The molecule has 2 N–H and O–H groups in total. The summed E-state index contributed by atoms with van der Waals surface area (Å²) in [6.45, 7) is 3.26. The van der Waals surface area contributed by atoms with Crippen LogP contribution >= 0.6 is 0 Å². The van der Waals surface area contributed by atoms with Gasteiger partial charge in [0.2, 0.25) is 0 Å². The first-order chi connectivity index (χ1) is 15.5. The van der Waals surface area contributed by atoms with E-state index in [1.54, 1.807) is 0 Å². The summed E-state index contributed by atoms with van der Waals surface area (Å²) < 4.78 is 41.4. The highest BCUT2D eigenvalue weighted by Crippen LogP contribution is 2.33. The fourth-order valence-electron chi connectivity index (χ4n) is 4.82. The first kappa shape index (κ1) is 21.1. The van der Waals surface area contributed by atoms with E-state index in [1.165, 1.54) is 31.7 Å². The van der Waals surface area contributed by atoms with E-state index < -0.39 is 11.7 Å². The molecule has 0 aliphatic carbocycles. The van der Waals surface area contributed by atoms with Crippen molar-refractivity contribution >= 4 is 21.9 Å². The maximum Gasteiger partial charge on any atom is 0.416 e. The summed E-state index contributed by atoms with van der Waals surface area (Å²) in [7, 11) is 0. The third kappa shape index (κ3) is 4.26. The average molecular weight is 441 g/mol. The Labute approximate surface area is 184 Å². The van der Waals surface area contributed by atoms with Crippen molar-refractivity contribution in [1.29, 1.82) is 0 Å². The van der Waals surface area contributed by atoms with Gasteiger partial charge < -0.3 is 14.9 Å². The predicted octanol–water partition coefficient (Wildman–Crippen LogP) is 6.37. The van der Waals surface area contributed by atoms with Crippen molar-refractivity contribution in [2.45, 2.75) is 44.8 Å². The highest BCUT2D eigenvalue weighted by Gasteiger charge is 2.30. The number of benzene rings is 2. The molecule has 0 amide bonds. The Morgan fingerprint density at radius 1 is 1.03 bits per heavy atom. The van der Waals surface area contributed by atoms with Crippen LogP contribution in [0.15, 0.2) is 48.7 Å². The summed E-state index contributed by atoms with van der Waals surface area (Å²) in [5, 5.41) is 4.48. The van der Waals surface area contributed by atoms with Crippen LogP contribution in [0.2, 0.25) is 0 Å². The van der Waals surface area contributed by atoms with Gasteiger partial charge in [-0.1, -0.05) is 25.0 Å². The molecule has 1 aliphatic rings. The lowest BCUT2D eigenvalue weighted by molar-refractivity contribution is -0.137. The number of imidazole rings is 1. The van der Waals surface area contributed by atoms with Crippen LogP contribution in [0.1, 0.15) is 37.7 Å². The van der Waals surface area contributed by atoms with Crippen LogP contribution in [0, 0.1) is 5.92 Å². The molecular weight excluding hydrogens is 413 g/mol. The number of rotatable bonds is 6. The van der Waals surface area contributed by atoms with E-state index in [0.717, 1.165) is 60.6 Å². The Morgan fingerprint density at radius 3 is 2.69 bits per heavy atom. The van der Waals surface area contributed by atoms with Crippen molar-refractivity contribution in [3.63, 3.8) is 0 Å². The summed E-state index contributed by atoms with van der Waals surface area (Å²) >= 11 is 0. The van der Waals surface area contributed by atoms with Crippen LogP contribution in [0.5, 0.6) is 0 Å². The van der Waals surface area contributed by atoms with Crippen LogP contribution in [0.4, 0.5) is 13.2 Å². The summed E-state index contributed by atoms with van der Waals surface area (Å²) in [5.74, 6) is 1.45. The second kappa shape index (κ2) is 8.62. The lowest BCUT2D eigenvalue weighted by Crippen LogP contribution is -2.27. The average Bonchev–Trinajstić information content (AvgIpc) is 3.40. The summed E-state index contributed by atoms with van der Waals surface area (Å²) in [4.78, 5) is 7.64. The number of aromatic amines is 1. The van der Waals surface area contributed by atoms with Gasteiger partial charge in [0.15, 0.2) is 0 Å². The molecular formula is C25H27F3N4. The molecule has 0 radical (unpaired) electrons. The van der Waals surface area contributed by atoms with Gasteiger partial charge in [0.05, 0.1) is 16.6 Å². The molecule has 0 bridgehead atoms. The van der Waals surface area contributed by atoms with E-state index in [4.69, 9.17) is 0 Å². The van der Waals surface area contributed by atoms with Crippen LogP contribution in [0.25, 0.3) is 33.3 Å². The lowest BCUT2D eigenvalue weighted by Gasteiger charge is -2.22. The molecule has 1 saturated heterocycles. The second-order valence-corrected chi connectivity index (χ2v) is 8.75. The first-order valence-corrected chi connectivity index (χ1v) is 11.3. The SMILES string of the molecule is FC(F)(F)c1ccc2nc(-c3cccc4c3ccn4CCCCC3CCNCC3)[nH]c2c1. The van der Waals surface area contributed by atoms with Crippen LogP contribution in [0.3, 0.4) is 0 Å². The summed E-state index contributed by atoms with van der Waals surface area (Å²) in [5.41, 5.74) is 2.28. The van der Waals surface area contributed by atoms with Crippen molar-refractivity contribution in [3.8, 4) is 11.4 Å². The Balaban J connectivity index is 1.34. The third-order valence-corrected chi connectivity index (χ3v) is 6.60. The zero-order valence-electron chi connectivity index (χ0n) is 17.9. The molecule has 0 spiro atoms. The number of unbranched alkanes of at least 4 members (excludes halogenated alkanes) is 1. The van der Waals surface area contributed by atoms with E-state index in [0.29, 0.717) is 16.9 Å². The van der Waals surface area contributed by atoms with Crippen molar-refractivity contribution in [3.05, 3.63) is 54.2 Å². The molecule has 0 unspecified atom stereocenters. The number of aromatic nitrogens is 3. The van der Waals surface area contributed by atoms with Gasteiger partial charge in [-0.15, -0.1) is 0 Å². The Bertz CT molecular complexity index is 1220. The second-order valence-electron chi connectivity index (χ2n) is 8.75. The minimum absolute atomic E-state index is 0.393. The summed E-state index contributed by atoms with van der Waals surface area (Å²) in [6, 6.07) is 11.7. The van der Waals surface area contributed by atoms with E-state index in [2.05, 4.69) is 38.2 Å². The number of hydrogen-bond acceptors (Lipinski definition) is 2. The number of H-pyrrole nitrogens is 1. The lowest BCUT2D eigenvalue weighted by atomic mass is 9.92. The maximum atomic E-state index is 13.0. The van der Waals surface area contributed by atoms with Crippen molar-refractivity contribution in [1.82, 2.24) is 19.9 Å².